The van der Waals surface area contributed by atoms with Crippen LogP contribution >= 0.6 is 11.3 Å². The fourth-order valence-electron chi connectivity index (χ4n) is 0.665. The standard InChI is InChI=1S/C6H7N3O2S2/c1-5-8-4-6(12-5)13(10,11)9-3-2-7/h4,9H,3H2,1H3. The number of hydrogen-bond acceptors (Lipinski definition) is 5. The second kappa shape index (κ2) is 3.83. The van der Waals surface area contributed by atoms with Crippen molar-refractivity contribution in [2.45, 2.75) is 11.1 Å². The normalized spacial score (nSPS) is 11.1. The van der Waals surface area contributed by atoms with Crippen LogP contribution in [0.1, 0.15) is 5.01 Å². The molecule has 0 saturated heterocycles. The van der Waals surface area contributed by atoms with Crippen LogP contribution in [0, 0.1) is 18.3 Å². The van der Waals surface area contributed by atoms with Crippen LogP contribution in [-0.2, 0) is 10.0 Å². The average Bonchev–Trinajstić information content (AvgIpc) is 2.49. The van der Waals surface area contributed by atoms with E-state index in [2.05, 4.69) is 9.71 Å². The molecule has 0 aromatic carbocycles. The Morgan fingerprint density at radius 3 is 2.92 bits per heavy atom. The number of hydrogen-bond donors (Lipinski definition) is 1. The van der Waals surface area contributed by atoms with Gasteiger partial charge in [-0.3, -0.25) is 0 Å². The van der Waals surface area contributed by atoms with E-state index >= 15 is 0 Å². The van der Waals surface area contributed by atoms with Crippen LogP contribution in [-0.4, -0.2) is 19.9 Å². The van der Waals surface area contributed by atoms with Crippen molar-refractivity contribution >= 4 is 21.4 Å². The van der Waals surface area contributed by atoms with Gasteiger partial charge in [-0.1, -0.05) is 0 Å². The van der Waals surface area contributed by atoms with E-state index in [1.165, 1.54) is 6.20 Å². The molecule has 0 aliphatic carbocycles. The van der Waals surface area contributed by atoms with Crippen LogP contribution in [0.2, 0.25) is 0 Å². The number of sulfonamides is 1. The van der Waals surface area contributed by atoms with E-state index in [0.717, 1.165) is 11.3 Å². The molecule has 1 heterocycles. The summed E-state index contributed by atoms with van der Waals surface area (Å²) in [6.45, 7) is 1.49. The van der Waals surface area contributed by atoms with E-state index in [-0.39, 0.29) is 10.8 Å². The van der Waals surface area contributed by atoms with E-state index < -0.39 is 10.0 Å². The topological polar surface area (TPSA) is 82.8 Å². The summed E-state index contributed by atoms with van der Waals surface area (Å²) in [6, 6.07) is 1.69. The predicted octanol–water partition coefficient (Wildman–Crippen LogP) is 0.253. The Morgan fingerprint density at radius 1 is 1.77 bits per heavy atom. The SMILES string of the molecule is Cc1ncc(S(=O)(=O)NCC#N)s1. The Morgan fingerprint density at radius 2 is 2.46 bits per heavy atom. The van der Waals surface area contributed by atoms with Crippen molar-refractivity contribution in [2.75, 3.05) is 6.54 Å². The number of nitriles is 1. The van der Waals surface area contributed by atoms with Gasteiger partial charge in [0.1, 0.15) is 0 Å². The van der Waals surface area contributed by atoms with Gasteiger partial charge >= 0.3 is 0 Å². The van der Waals surface area contributed by atoms with Crippen molar-refractivity contribution < 1.29 is 8.42 Å². The highest BCUT2D eigenvalue weighted by Gasteiger charge is 2.15. The molecule has 0 saturated carbocycles. The smallest absolute Gasteiger partial charge is 0.249 e. The molecule has 0 atom stereocenters. The molecule has 70 valence electrons. The first-order valence-corrected chi connectivity index (χ1v) is 5.65. The van der Waals surface area contributed by atoms with Gasteiger partial charge in [0.25, 0.3) is 10.0 Å². The summed E-state index contributed by atoms with van der Waals surface area (Å²) in [5, 5.41) is 8.87. The third-order valence-corrected chi connectivity index (χ3v) is 3.98. The fraction of sp³-hybridized carbons (Fsp3) is 0.333. The van der Waals surface area contributed by atoms with Gasteiger partial charge in [-0.15, -0.1) is 11.3 Å². The molecule has 0 aliphatic heterocycles. The molecule has 0 fully saturated rings. The Kier molecular flexibility index (Phi) is 2.98. The Balaban J connectivity index is 2.89. The molecule has 5 nitrogen and oxygen atoms in total. The summed E-state index contributed by atoms with van der Waals surface area (Å²) >= 11 is 1.07. The maximum absolute atomic E-state index is 11.3. The van der Waals surface area contributed by atoms with Crippen molar-refractivity contribution in [1.82, 2.24) is 9.71 Å². The van der Waals surface area contributed by atoms with E-state index in [1.54, 1.807) is 13.0 Å². The monoisotopic (exact) mass is 217 g/mol. The molecular formula is C6H7N3O2S2. The van der Waals surface area contributed by atoms with E-state index in [4.69, 9.17) is 5.26 Å². The zero-order valence-corrected chi connectivity index (χ0v) is 8.44. The molecule has 1 aromatic heterocycles. The minimum Gasteiger partial charge on any atom is -0.249 e. The maximum atomic E-state index is 11.3. The first kappa shape index (κ1) is 10.1. The van der Waals surface area contributed by atoms with Gasteiger partial charge in [-0.05, 0) is 6.92 Å². The number of rotatable bonds is 3. The lowest BCUT2D eigenvalue weighted by Gasteiger charge is -1.97. The van der Waals surface area contributed by atoms with Crippen LogP contribution in [0.4, 0.5) is 0 Å². The average molecular weight is 217 g/mol. The number of nitrogens with one attached hydrogen (secondary N) is 1. The zero-order chi connectivity index (χ0) is 9.90. The van der Waals surface area contributed by atoms with E-state index in [0.29, 0.717) is 5.01 Å². The summed E-state index contributed by atoms with van der Waals surface area (Å²) in [5.41, 5.74) is 0. The van der Waals surface area contributed by atoms with Crippen molar-refractivity contribution in [3.8, 4) is 6.07 Å². The molecule has 0 aliphatic rings. The number of nitrogens with zero attached hydrogens (tertiary/aromatic N) is 2. The minimum absolute atomic E-state index is 0.139. The second-order valence-electron chi connectivity index (χ2n) is 2.18. The van der Waals surface area contributed by atoms with Crippen molar-refractivity contribution in [3.05, 3.63) is 11.2 Å². The zero-order valence-electron chi connectivity index (χ0n) is 6.81. The number of thiazole rings is 1. The van der Waals surface area contributed by atoms with E-state index in [9.17, 15) is 8.42 Å². The van der Waals surface area contributed by atoms with Crippen molar-refractivity contribution in [1.29, 1.82) is 5.26 Å². The molecular weight excluding hydrogens is 210 g/mol. The second-order valence-corrected chi connectivity index (χ2v) is 5.41. The molecule has 0 unspecified atom stereocenters. The third-order valence-electron chi connectivity index (χ3n) is 1.21. The van der Waals surface area contributed by atoms with E-state index in [1.807, 2.05) is 0 Å². The Bertz CT molecular complexity index is 429. The largest absolute Gasteiger partial charge is 0.252 e. The van der Waals surface area contributed by atoms with Gasteiger partial charge in [0.15, 0.2) is 4.21 Å². The molecule has 13 heavy (non-hydrogen) atoms. The first-order chi connectivity index (χ1) is 6.06. The van der Waals surface area contributed by atoms with Crippen LogP contribution in [0.25, 0.3) is 0 Å². The lowest BCUT2D eigenvalue weighted by atomic mass is 10.8. The van der Waals surface area contributed by atoms with Crippen molar-refractivity contribution in [3.63, 3.8) is 0 Å². The predicted molar refractivity (Wildman–Crippen MR) is 47.7 cm³/mol. The lowest BCUT2D eigenvalue weighted by molar-refractivity contribution is 0.588. The summed E-state index contributed by atoms with van der Waals surface area (Å²) < 4.78 is 24.9. The molecule has 7 heteroatoms. The molecule has 1 N–H and O–H groups in total. The Hall–Kier alpha value is -0.970. The highest BCUT2D eigenvalue weighted by Crippen LogP contribution is 2.16. The van der Waals surface area contributed by atoms with Gasteiger partial charge in [0.2, 0.25) is 0 Å². The molecule has 0 radical (unpaired) electrons. The summed E-state index contributed by atoms with van der Waals surface area (Å²) in [6.07, 6.45) is 1.28. The highest BCUT2D eigenvalue weighted by atomic mass is 32.2. The number of aryl methyl sites for hydroxylation is 1. The quantitative estimate of drug-likeness (QED) is 0.736. The van der Waals surface area contributed by atoms with Gasteiger partial charge in [0, 0.05) is 0 Å². The maximum Gasteiger partial charge on any atom is 0.252 e. The summed E-state index contributed by atoms with van der Waals surface area (Å²) in [4.78, 5) is 3.81. The summed E-state index contributed by atoms with van der Waals surface area (Å²) in [5.74, 6) is 0. The van der Waals surface area contributed by atoms with Gasteiger partial charge in [0.05, 0.1) is 23.8 Å². The van der Waals surface area contributed by atoms with Crippen LogP contribution in [0.5, 0.6) is 0 Å². The van der Waals surface area contributed by atoms with Crippen LogP contribution in [0.3, 0.4) is 0 Å². The highest BCUT2D eigenvalue weighted by molar-refractivity contribution is 7.91. The first-order valence-electron chi connectivity index (χ1n) is 3.35. The molecule has 1 aromatic rings. The molecule has 0 bridgehead atoms. The van der Waals surface area contributed by atoms with Crippen LogP contribution in [0.15, 0.2) is 10.4 Å². The van der Waals surface area contributed by atoms with Crippen molar-refractivity contribution in [2.24, 2.45) is 0 Å². The van der Waals surface area contributed by atoms with Gasteiger partial charge in [-0.25, -0.2) is 13.4 Å². The molecule has 0 spiro atoms. The van der Waals surface area contributed by atoms with Gasteiger partial charge in [-0.2, -0.15) is 9.98 Å². The third kappa shape index (κ3) is 2.48. The minimum atomic E-state index is -3.52. The molecule has 0 amide bonds. The Labute approximate surface area is 80.1 Å². The fourth-order valence-corrected chi connectivity index (χ4v) is 2.73. The van der Waals surface area contributed by atoms with Crippen LogP contribution < -0.4 is 4.72 Å². The molecule has 1 rings (SSSR count). The lowest BCUT2D eigenvalue weighted by Crippen LogP contribution is -2.22. The number of aromatic nitrogens is 1. The summed E-state index contributed by atoms with van der Waals surface area (Å²) in [7, 11) is -3.52. The van der Waals surface area contributed by atoms with Gasteiger partial charge < -0.3 is 0 Å².